The third-order valence-corrected chi connectivity index (χ3v) is 8.68. The van der Waals surface area contributed by atoms with Gasteiger partial charge in [0.05, 0.1) is 34.4 Å². The van der Waals surface area contributed by atoms with Crippen molar-refractivity contribution in [2.45, 2.75) is 129 Å². The molecule has 0 aliphatic rings. The lowest BCUT2D eigenvalue weighted by Gasteiger charge is -2.28. The van der Waals surface area contributed by atoms with E-state index in [0.717, 1.165) is 83.5 Å². The lowest BCUT2D eigenvalue weighted by molar-refractivity contribution is -0.870. The molecule has 298 valence electrons. The van der Waals surface area contributed by atoms with Gasteiger partial charge in [-0.05, 0) is 70.6 Å². The fourth-order valence-electron chi connectivity index (χ4n) is 4.64. The van der Waals surface area contributed by atoms with Gasteiger partial charge in [-0.1, -0.05) is 131 Å². The van der Waals surface area contributed by atoms with Crippen LogP contribution in [0.15, 0.2) is 85.1 Å². The number of ether oxygens (including phenoxy) is 2. The molecule has 0 bridgehead atoms. The number of nitrogens with zero attached hydrogens (tertiary/aromatic N) is 1. The zero-order valence-electron chi connectivity index (χ0n) is 33.5. The van der Waals surface area contributed by atoms with E-state index in [1.165, 1.54) is 19.3 Å². The molecule has 8 nitrogen and oxygen atoms in total. The number of quaternary nitrogens is 1. The number of phosphoric ester groups is 1. The van der Waals surface area contributed by atoms with E-state index in [0.29, 0.717) is 24.1 Å². The molecule has 0 aliphatic carbocycles. The van der Waals surface area contributed by atoms with Crippen LogP contribution in [0, 0.1) is 0 Å². The van der Waals surface area contributed by atoms with Crippen molar-refractivity contribution in [2.75, 3.05) is 54.1 Å². The summed E-state index contributed by atoms with van der Waals surface area (Å²) in [6, 6.07) is 0. The number of rotatable bonds is 35. The van der Waals surface area contributed by atoms with Crippen LogP contribution in [0.2, 0.25) is 0 Å². The molecule has 0 aromatic carbocycles. The van der Waals surface area contributed by atoms with E-state index in [9.17, 15) is 14.3 Å². The molecule has 0 saturated heterocycles. The van der Waals surface area contributed by atoms with E-state index in [2.05, 4.69) is 98.9 Å². The van der Waals surface area contributed by atoms with Crippen LogP contribution in [0.25, 0.3) is 0 Å². The molecular formula is C43H74NO7P. The van der Waals surface area contributed by atoms with Crippen LogP contribution >= 0.6 is 7.82 Å². The van der Waals surface area contributed by atoms with Gasteiger partial charge in [-0.15, -0.1) is 0 Å². The topological polar surface area (TPSA) is 94.1 Å². The number of hydrogen-bond acceptors (Lipinski definition) is 7. The first-order chi connectivity index (χ1) is 25.1. The minimum Gasteiger partial charge on any atom is -0.756 e. The Morgan fingerprint density at radius 3 is 1.63 bits per heavy atom. The average molecular weight is 748 g/mol. The van der Waals surface area contributed by atoms with Gasteiger partial charge >= 0.3 is 5.97 Å². The normalized spacial score (nSPS) is 14.8. The molecular weight excluding hydrogens is 673 g/mol. The number of carbonyl (C=O) groups is 1. The Kier molecular flexibility index (Phi) is 34.1. The predicted molar refractivity (Wildman–Crippen MR) is 217 cm³/mol. The summed E-state index contributed by atoms with van der Waals surface area (Å²) < 4.78 is 34.2. The number of unbranched alkanes of at least 4 members (excludes halogenated alkanes) is 7. The van der Waals surface area contributed by atoms with Crippen LogP contribution in [-0.4, -0.2) is 70.7 Å². The van der Waals surface area contributed by atoms with Gasteiger partial charge in [0.1, 0.15) is 19.3 Å². The highest BCUT2D eigenvalue weighted by atomic mass is 31.2. The summed E-state index contributed by atoms with van der Waals surface area (Å²) in [6.45, 7) is 5.07. The molecule has 0 aromatic heterocycles. The minimum absolute atomic E-state index is 0.0130. The summed E-state index contributed by atoms with van der Waals surface area (Å²) in [5, 5.41) is 0. The van der Waals surface area contributed by atoms with E-state index in [1.54, 1.807) is 0 Å². The van der Waals surface area contributed by atoms with E-state index in [1.807, 2.05) is 21.1 Å². The number of allylic oxidation sites excluding steroid dienone is 14. The van der Waals surface area contributed by atoms with Crippen molar-refractivity contribution in [1.82, 2.24) is 0 Å². The minimum atomic E-state index is -4.53. The summed E-state index contributed by atoms with van der Waals surface area (Å²) in [4.78, 5) is 24.7. The lowest BCUT2D eigenvalue weighted by Crippen LogP contribution is -2.37. The lowest BCUT2D eigenvalue weighted by atomic mass is 10.1. The number of phosphoric acid groups is 1. The van der Waals surface area contributed by atoms with Gasteiger partial charge in [0, 0.05) is 13.0 Å². The first-order valence-electron chi connectivity index (χ1n) is 19.8. The Morgan fingerprint density at radius 1 is 0.615 bits per heavy atom. The van der Waals surface area contributed by atoms with Crippen LogP contribution in [0.1, 0.15) is 123 Å². The van der Waals surface area contributed by atoms with E-state index in [4.69, 9.17) is 18.5 Å². The molecule has 9 heteroatoms. The number of likely N-dealkylation sites (N-methyl/N-ethyl adjacent to an activating group) is 1. The van der Waals surface area contributed by atoms with Gasteiger partial charge in [-0.25, -0.2) is 0 Å². The zero-order valence-corrected chi connectivity index (χ0v) is 34.4. The van der Waals surface area contributed by atoms with Crippen LogP contribution in [0.4, 0.5) is 0 Å². The van der Waals surface area contributed by atoms with Crippen LogP contribution < -0.4 is 4.89 Å². The standard InChI is InChI=1S/C43H74NO7P/c1-6-8-10-12-14-15-16-17-18-19-20-21-22-23-24-25-26-27-28-29-30-31-33-35-38-48-40-42(51-43(45)36-34-32-13-11-9-7-2)41-50-52(46,47)49-39-37-44(3,4)5/h8,10,14-15,17-18,20-21,23-24,26-27,29-30,42H,6-7,9,11-13,16,19,22,25,28,31-41H2,1-5H3/b10-8-,15-14-,18-17-,21-20-,24-23-,27-26-,30-29-. The summed E-state index contributed by atoms with van der Waals surface area (Å²) in [6.07, 6.45) is 46.3. The number of esters is 1. The smallest absolute Gasteiger partial charge is 0.306 e. The molecule has 0 aliphatic heterocycles. The molecule has 0 amide bonds. The third-order valence-electron chi connectivity index (χ3n) is 7.71. The molecule has 0 saturated carbocycles. The molecule has 0 fully saturated rings. The summed E-state index contributed by atoms with van der Waals surface area (Å²) >= 11 is 0. The monoisotopic (exact) mass is 748 g/mol. The Bertz CT molecular complexity index is 1100. The van der Waals surface area contributed by atoms with Crippen molar-refractivity contribution < 1.29 is 37.3 Å². The second kappa shape index (κ2) is 35.7. The maximum atomic E-state index is 12.5. The van der Waals surface area contributed by atoms with Crippen LogP contribution in [-0.2, 0) is 27.9 Å². The summed E-state index contributed by atoms with van der Waals surface area (Å²) in [7, 11) is 1.31. The van der Waals surface area contributed by atoms with Crippen molar-refractivity contribution in [3.8, 4) is 0 Å². The van der Waals surface area contributed by atoms with Gasteiger partial charge in [0.2, 0.25) is 0 Å². The van der Waals surface area contributed by atoms with Crippen molar-refractivity contribution in [2.24, 2.45) is 0 Å². The fourth-order valence-corrected chi connectivity index (χ4v) is 5.37. The van der Waals surface area contributed by atoms with E-state index >= 15 is 0 Å². The highest BCUT2D eigenvalue weighted by Gasteiger charge is 2.20. The molecule has 0 rings (SSSR count). The second-order valence-corrected chi connectivity index (χ2v) is 15.3. The molecule has 0 N–H and O–H groups in total. The Hall–Kier alpha value is -2.32. The molecule has 2 atom stereocenters. The first-order valence-corrected chi connectivity index (χ1v) is 21.3. The fraction of sp³-hybridized carbons (Fsp3) is 0.651. The van der Waals surface area contributed by atoms with Gasteiger partial charge in [-0.2, -0.15) is 0 Å². The SMILES string of the molecule is CC/C=C\C/C=C\C/C=C\C/C=C\C/C=C\C/C=C\C/C=C\CCCCOCC(COP(=O)([O-])OCC[N+](C)(C)C)OC(=O)CCCCCCCC. The highest BCUT2D eigenvalue weighted by molar-refractivity contribution is 7.45. The van der Waals surface area contributed by atoms with Gasteiger partial charge in [-0.3, -0.25) is 9.36 Å². The second-order valence-electron chi connectivity index (χ2n) is 13.9. The quantitative estimate of drug-likeness (QED) is 0.0209. The van der Waals surface area contributed by atoms with Gasteiger partial charge < -0.3 is 27.9 Å². The van der Waals surface area contributed by atoms with E-state index in [-0.39, 0.29) is 25.8 Å². The van der Waals surface area contributed by atoms with Crippen molar-refractivity contribution >= 4 is 13.8 Å². The van der Waals surface area contributed by atoms with Crippen LogP contribution in [0.5, 0.6) is 0 Å². The summed E-state index contributed by atoms with van der Waals surface area (Å²) in [5.41, 5.74) is 0. The molecule has 0 aromatic rings. The molecule has 0 spiro atoms. The predicted octanol–water partition coefficient (Wildman–Crippen LogP) is 10.7. The highest BCUT2D eigenvalue weighted by Crippen LogP contribution is 2.38. The Balaban J connectivity index is 4.22. The molecule has 0 radical (unpaired) electrons. The largest absolute Gasteiger partial charge is 0.756 e. The van der Waals surface area contributed by atoms with Gasteiger partial charge in [0.15, 0.2) is 0 Å². The Labute approximate surface area is 318 Å². The first kappa shape index (κ1) is 49.7. The third kappa shape index (κ3) is 38.9. The number of hydrogen-bond donors (Lipinski definition) is 0. The Morgan fingerprint density at radius 2 is 1.12 bits per heavy atom. The molecule has 0 heterocycles. The van der Waals surface area contributed by atoms with Crippen molar-refractivity contribution in [3.05, 3.63) is 85.1 Å². The molecule has 52 heavy (non-hydrogen) atoms. The van der Waals surface area contributed by atoms with Gasteiger partial charge in [0.25, 0.3) is 7.82 Å². The van der Waals surface area contributed by atoms with Crippen molar-refractivity contribution in [1.29, 1.82) is 0 Å². The maximum absolute atomic E-state index is 12.5. The van der Waals surface area contributed by atoms with Crippen molar-refractivity contribution in [3.63, 3.8) is 0 Å². The molecule has 2 unspecified atom stereocenters. The maximum Gasteiger partial charge on any atom is 0.306 e. The van der Waals surface area contributed by atoms with E-state index < -0.39 is 13.9 Å². The van der Waals surface area contributed by atoms with Crippen LogP contribution in [0.3, 0.4) is 0 Å². The number of carbonyl (C=O) groups excluding carboxylic acids is 1. The zero-order chi connectivity index (χ0) is 38.4. The summed E-state index contributed by atoms with van der Waals surface area (Å²) in [5.74, 6) is -0.364. The average Bonchev–Trinajstić information content (AvgIpc) is 3.09.